The Morgan fingerprint density at radius 2 is 2.40 bits per heavy atom. The van der Waals surface area contributed by atoms with Gasteiger partial charge in [-0.1, -0.05) is 0 Å². The van der Waals surface area contributed by atoms with E-state index in [2.05, 4.69) is 28.5 Å². The van der Waals surface area contributed by atoms with Gasteiger partial charge in [-0.3, -0.25) is 0 Å². The molecule has 0 amide bonds. The molecule has 0 radical (unpaired) electrons. The van der Waals surface area contributed by atoms with Crippen molar-refractivity contribution in [3.8, 4) is 0 Å². The zero-order valence-electron chi connectivity index (χ0n) is 9.61. The van der Waals surface area contributed by atoms with Crippen LogP contribution in [0.4, 0.5) is 0 Å². The fourth-order valence-corrected chi connectivity index (χ4v) is 2.08. The van der Waals surface area contributed by atoms with Crippen molar-refractivity contribution in [2.45, 2.75) is 31.8 Å². The molecule has 1 aromatic heterocycles. The molecular formula is C11H20N4. The number of hydrogen-bond acceptors (Lipinski definition) is 3. The van der Waals surface area contributed by atoms with Gasteiger partial charge in [-0.2, -0.15) is 0 Å². The first-order chi connectivity index (χ1) is 7.16. The van der Waals surface area contributed by atoms with E-state index >= 15 is 0 Å². The molecule has 0 fully saturated rings. The van der Waals surface area contributed by atoms with Crippen LogP contribution in [0, 0.1) is 0 Å². The Morgan fingerprint density at radius 3 is 3.13 bits per heavy atom. The van der Waals surface area contributed by atoms with Crippen molar-refractivity contribution in [3.05, 3.63) is 17.7 Å². The smallest absolute Gasteiger partial charge is 0.110 e. The fourth-order valence-electron chi connectivity index (χ4n) is 2.08. The van der Waals surface area contributed by atoms with Crippen molar-refractivity contribution in [2.75, 3.05) is 20.6 Å². The van der Waals surface area contributed by atoms with Gasteiger partial charge in [0, 0.05) is 43.9 Å². The Hall–Kier alpha value is -0.870. The summed E-state index contributed by atoms with van der Waals surface area (Å²) in [4.78, 5) is 6.68. The number of nitrogens with zero attached hydrogens (tertiary/aromatic N) is 3. The SMILES string of the molecule is CN(C)CCc1ncc2n1CCC(N)C2. The van der Waals surface area contributed by atoms with Crippen LogP contribution in [-0.4, -0.2) is 41.1 Å². The average Bonchev–Trinajstić information content (AvgIpc) is 2.57. The van der Waals surface area contributed by atoms with E-state index in [1.807, 2.05) is 6.20 Å². The van der Waals surface area contributed by atoms with Crippen molar-refractivity contribution in [3.63, 3.8) is 0 Å². The van der Waals surface area contributed by atoms with E-state index < -0.39 is 0 Å². The Balaban J connectivity index is 2.07. The summed E-state index contributed by atoms with van der Waals surface area (Å²) >= 11 is 0. The Bertz CT molecular complexity index is 329. The van der Waals surface area contributed by atoms with Crippen molar-refractivity contribution in [1.82, 2.24) is 14.5 Å². The Kier molecular flexibility index (Phi) is 3.07. The summed E-state index contributed by atoms with van der Waals surface area (Å²) in [6.07, 6.45) is 5.08. The summed E-state index contributed by atoms with van der Waals surface area (Å²) in [6.45, 7) is 2.10. The average molecular weight is 208 g/mol. The van der Waals surface area contributed by atoms with Gasteiger partial charge in [-0.05, 0) is 20.5 Å². The molecule has 0 spiro atoms. The minimum atomic E-state index is 0.330. The standard InChI is InChI=1S/C11H20N4/c1-14(2)5-4-11-13-8-10-7-9(12)3-6-15(10)11/h8-9H,3-7,12H2,1-2H3. The van der Waals surface area contributed by atoms with Crippen LogP contribution in [0.2, 0.25) is 0 Å². The second-order valence-corrected chi connectivity index (χ2v) is 4.62. The van der Waals surface area contributed by atoms with Crippen LogP contribution < -0.4 is 5.73 Å². The summed E-state index contributed by atoms with van der Waals surface area (Å²) in [5.41, 5.74) is 7.24. The van der Waals surface area contributed by atoms with Crippen LogP contribution in [0.25, 0.3) is 0 Å². The Morgan fingerprint density at radius 1 is 1.60 bits per heavy atom. The molecule has 4 nitrogen and oxygen atoms in total. The molecule has 15 heavy (non-hydrogen) atoms. The summed E-state index contributed by atoms with van der Waals surface area (Å²) < 4.78 is 2.34. The summed E-state index contributed by atoms with van der Waals surface area (Å²) in [6, 6.07) is 0.330. The molecule has 2 N–H and O–H groups in total. The molecule has 84 valence electrons. The van der Waals surface area contributed by atoms with Gasteiger partial charge in [0.15, 0.2) is 0 Å². The van der Waals surface area contributed by atoms with E-state index in [9.17, 15) is 0 Å². The largest absolute Gasteiger partial charge is 0.332 e. The number of aromatic nitrogens is 2. The first-order valence-electron chi connectivity index (χ1n) is 5.60. The Labute approximate surface area is 91.1 Å². The molecule has 1 aliphatic rings. The third-order valence-electron chi connectivity index (χ3n) is 3.00. The third-order valence-corrected chi connectivity index (χ3v) is 3.00. The van der Waals surface area contributed by atoms with Crippen LogP contribution in [0.1, 0.15) is 17.9 Å². The number of fused-ring (bicyclic) bond motifs is 1. The van der Waals surface area contributed by atoms with Gasteiger partial charge < -0.3 is 15.2 Å². The maximum Gasteiger partial charge on any atom is 0.110 e. The quantitative estimate of drug-likeness (QED) is 0.775. The first-order valence-corrected chi connectivity index (χ1v) is 5.60. The highest BCUT2D eigenvalue weighted by atomic mass is 15.1. The van der Waals surface area contributed by atoms with E-state index in [1.165, 1.54) is 11.5 Å². The lowest BCUT2D eigenvalue weighted by Crippen LogP contribution is -2.31. The molecule has 4 heteroatoms. The molecule has 0 bridgehead atoms. The highest BCUT2D eigenvalue weighted by Crippen LogP contribution is 2.16. The van der Waals surface area contributed by atoms with Crippen molar-refractivity contribution >= 4 is 0 Å². The molecule has 2 heterocycles. The van der Waals surface area contributed by atoms with E-state index in [4.69, 9.17) is 5.73 Å². The maximum absolute atomic E-state index is 5.93. The molecule has 0 saturated heterocycles. The van der Waals surface area contributed by atoms with Gasteiger partial charge in [0.05, 0.1) is 0 Å². The van der Waals surface area contributed by atoms with E-state index in [0.717, 1.165) is 32.4 Å². The van der Waals surface area contributed by atoms with Gasteiger partial charge in [-0.15, -0.1) is 0 Å². The predicted octanol–water partition coefficient (Wildman–Crippen LogP) is 0.261. The van der Waals surface area contributed by atoms with Gasteiger partial charge in [0.2, 0.25) is 0 Å². The molecule has 2 rings (SSSR count). The summed E-state index contributed by atoms with van der Waals surface area (Å²) in [7, 11) is 4.19. The first kappa shape index (κ1) is 10.6. The summed E-state index contributed by atoms with van der Waals surface area (Å²) in [5, 5.41) is 0. The molecule has 0 saturated carbocycles. The summed E-state index contributed by atoms with van der Waals surface area (Å²) in [5.74, 6) is 1.21. The molecule has 1 aliphatic heterocycles. The van der Waals surface area contributed by atoms with Crippen LogP contribution in [0.15, 0.2) is 6.20 Å². The molecular weight excluding hydrogens is 188 g/mol. The normalized spacial score (nSPS) is 20.7. The number of nitrogens with two attached hydrogens (primary N) is 1. The van der Waals surface area contributed by atoms with Crippen molar-refractivity contribution < 1.29 is 0 Å². The fraction of sp³-hybridized carbons (Fsp3) is 0.727. The van der Waals surface area contributed by atoms with Crippen LogP contribution in [0.5, 0.6) is 0 Å². The zero-order chi connectivity index (χ0) is 10.8. The predicted molar refractivity (Wildman–Crippen MR) is 60.8 cm³/mol. The van der Waals surface area contributed by atoms with Gasteiger partial charge in [-0.25, -0.2) is 4.98 Å². The number of likely N-dealkylation sites (N-methyl/N-ethyl adjacent to an activating group) is 1. The van der Waals surface area contributed by atoms with Crippen molar-refractivity contribution in [2.24, 2.45) is 5.73 Å². The lowest BCUT2D eigenvalue weighted by molar-refractivity contribution is 0.398. The van der Waals surface area contributed by atoms with Crippen LogP contribution in [-0.2, 0) is 19.4 Å². The lowest BCUT2D eigenvalue weighted by atomic mass is 10.1. The van der Waals surface area contributed by atoms with Gasteiger partial charge in [0.25, 0.3) is 0 Å². The third kappa shape index (κ3) is 2.38. The number of hydrogen-bond donors (Lipinski definition) is 1. The molecule has 1 atom stereocenters. The molecule has 1 aromatic rings. The maximum atomic E-state index is 5.93. The van der Waals surface area contributed by atoms with Crippen LogP contribution >= 0.6 is 0 Å². The highest BCUT2D eigenvalue weighted by Gasteiger charge is 2.18. The number of rotatable bonds is 3. The minimum Gasteiger partial charge on any atom is -0.332 e. The van der Waals surface area contributed by atoms with Crippen molar-refractivity contribution in [1.29, 1.82) is 0 Å². The highest BCUT2D eigenvalue weighted by molar-refractivity contribution is 5.10. The minimum absolute atomic E-state index is 0.330. The van der Waals surface area contributed by atoms with Gasteiger partial charge in [0.1, 0.15) is 5.82 Å². The van der Waals surface area contributed by atoms with E-state index in [-0.39, 0.29) is 0 Å². The van der Waals surface area contributed by atoms with Gasteiger partial charge >= 0.3 is 0 Å². The number of imidazole rings is 1. The van der Waals surface area contributed by atoms with Crippen LogP contribution in [0.3, 0.4) is 0 Å². The molecule has 1 unspecified atom stereocenters. The zero-order valence-corrected chi connectivity index (χ0v) is 9.61. The molecule has 0 aliphatic carbocycles. The van der Waals surface area contributed by atoms with E-state index in [0.29, 0.717) is 6.04 Å². The topological polar surface area (TPSA) is 47.1 Å². The second kappa shape index (κ2) is 4.33. The molecule has 0 aromatic carbocycles. The lowest BCUT2D eigenvalue weighted by Gasteiger charge is -2.22. The van der Waals surface area contributed by atoms with E-state index in [1.54, 1.807) is 0 Å². The monoisotopic (exact) mass is 208 g/mol. The second-order valence-electron chi connectivity index (χ2n) is 4.62.